The number of aromatic amines is 1. The lowest BCUT2D eigenvalue weighted by Gasteiger charge is -2.03. The number of nitrogens with zero attached hydrogens (tertiary/aromatic N) is 3. The molecule has 0 aromatic carbocycles. The summed E-state index contributed by atoms with van der Waals surface area (Å²) >= 11 is 0. The van der Waals surface area contributed by atoms with Crippen LogP contribution in [0.25, 0.3) is 0 Å². The van der Waals surface area contributed by atoms with E-state index in [0.29, 0.717) is 12.1 Å². The highest BCUT2D eigenvalue weighted by Crippen LogP contribution is 1.96. The van der Waals surface area contributed by atoms with Gasteiger partial charge in [0, 0.05) is 25.6 Å². The quantitative estimate of drug-likeness (QED) is 0.744. The van der Waals surface area contributed by atoms with Crippen LogP contribution in [0.4, 0.5) is 0 Å². The number of hydrogen-bond donors (Lipinski definition) is 2. The second-order valence-electron chi connectivity index (χ2n) is 3.12. The number of H-pyrrole nitrogens is 1. The zero-order valence-corrected chi connectivity index (χ0v) is 8.27. The molecule has 2 heterocycles. The van der Waals surface area contributed by atoms with Gasteiger partial charge in [0.25, 0.3) is 5.91 Å². The summed E-state index contributed by atoms with van der Waals surface area (Å²) in [6.45, 7) is 0.410. The lowest BCUT2D eigenvalue weighted by atomic mass is 10.3. The largest absolute Gasteiger partial charge is 0.345 e. The Morgan fingerprint density at radius 1 is 1.67 bits per heavy atom. The summed E-state index contributed by atoms with van der Waals surface area (Å²) in [5.74, 6) is 0.651. The highest BCUT2D eigenvalue weighted by Gasteiger charge is 2.07. The standard InChI is InChI=1S/C9H11N5O/c1-14-3-2-10-8(14)6-11-9(15)7-4-12-13-5-7/h2-5H,6H2,1H3,(H,11,15)(H,12,13). The first-order valence-electron chi connectivity index (χ1n) is 4.50. The first-order chi connectivity index (χ1) is 7.27. The highest BCUT2D eigenvalue weighted by atomic mass is 16.1. The summed E-state index contributed by atoms with van der Waals surface area (Å²) in [4.78, 5) is 15.6. The smallest absolute Gasteiger partial charge is 0.254 e. The summed E-state index contributed by atoms with van der Waals surface area (Å²) < 4.78 is 1.86. The maximum absolute atomic E-state index is 11.5. The van der Waals surface area contributed by atoms with E-state index >= 15 is 0 Å². The van der Waals surface area contributed by atoms with Gasteiger partial charge in [0.1, 0.15) is 5.82 Å². The number of aromatic nitrogens is 4. The zero-order chi connectivity index (χ0) is 10.7. The molecule has 6 heteroatoms. The summed E-state index contributed by atoms with van der Waals surface area (Å²) in [6.07, 6.45) is 6.56. The molecule has 2 aromatic heterocycles. The van der Waals surface area contributed by atoms with Crippen molar-refractivity contribution in [3.8, 4) is 0 Å². The number of nitrogens with one attached hydrogen (secondary N) is 2. The molecule has 6 nitrogen and oxygen atoms in total. The molecular formula is C9H11N5O. The van der Waals surface area contributed by atoms with Crippen molar-refractivity contribution in [2.75, 3.05) is 0 Å². The molecule has 2 rings (SSSR count). The molecule has 2 aromatic rings. The van der Waals surface area contributed by atoms with Crippen LogP contribution >= 0.6 is 0 Å². The van der Waals surface area contributed by atoms with Gasteiger partial charge in [-0.1, -0.05) is 0 Å². The van der Waals surface area contributed by atoms with Gasteiger partial charge in [-0.15, -0.1) is 0 Å². The molecule has 0 saturated carbocycles. The Morgan fingerprint density at radius 3 is 3.13 bits per heavy atom. The van der Waals surface area contributed by atoms with E-state index in [2.05, 4.69) is 20.5 Å². The van der Waals surface area contributed by atoms with Crippen LogP contribution in [0.5, 0.6) is 0 Å². The lowest BCUT2D eigenvalue weighted by Crippen LogP contribution is -2.23. The first-order valence-corrected chi connectivity index (χ1v) is 4.50. The Hall–Kier alpha value is -2.11. The van der Waals surface area contributed by atoms with E-state index in [1.54, 1.807) is 12.4 Å². The molecule has 0 spiro atoms. The minimum atomic E-state index is -0.160. The van der Waals surface area contributed by atoms with Crippen LogP contribution in [0.2, 0.25) is 0 Å². The number of aryl methyl sites for hydroxylation is 1. The van der Waals surface area contributed by atoms with Crippen molar-refractivity contribution in [2.24, 2.45) is 7.05 Å². The van der Waals surface area contributed by atoms with Crippen molar-refractivity contribution < 1.29 is 4.79 Å². The van der Waals surface area contributed by atoms with E-state index < -0.39 is 0 Å². The minimum absolute atomic E-state index is 0.160. The van der Waals surface area contributed by atoms with Crippen LogP contribution < -0.4 is 5.32 Å². The van der Waals surface area contributed by atoms with E-state index in [1.807, 2.05) is 17.8 Å². The van der Waals surface area contributed by atoms with E-state index in [4.69, 9.17) is 0 Å². The maximum Gasteiger partial charge on any atom is 0.254 e. The molecule has 0 aliphatic rings. The second kappa shape index (κ2) is 3.95. The van der Waals surface area contributed by atoms with Crippen LogP contribution in [0.15, 0.2) is 24.8 Å². The van der Waals surface area contributed by atoms with Gasteiger partial charge in [0.05, 0.1) is 18.3 Å². The van der Waals surface area contributed by atoms with Crippen LogP contribution in [0.1, 0.15) is 16.2 Å². The van der Waals surface area contributed by atoms with Gasteiger partial charge in [-0.25, -0.2) is 4.98 Å². The zero-order valence-electron chi connectivity index (χ0n) is 8.27. The van der Waals surface area contributed by atoms with E-state index in [9.17, 15) is 4.79 Å². The van der Waals surface area contributed by atoms with Gasteiger partial charge >= 0.3 is 0 Å². The average molecular weight is 205 g/mol. The maximum atomic E-state index is 11.5. The topological polar surface area (TPSA) is 75.6 Å². The molecule has 0 saturated heterocycles. The molecule has 1 amide bonds. The predicted molar refractivity (Wildman–Crippen MR) is 53.0 cm³/mol. The molecule has 78 valence electrons. The van der Waals surface area contributed by atoms with Crippen LogP contribution in [-0.2, 0) is 13.6 Å². The van der Waals surface area contributed by atoms with E-state index in [-0.39, 0.29) is 5.91 Å². The monoisotopic (exact) mass is 205 g/mol. The molecule has 15 heavy (non-hydrogen) atoms. The van der Waals surface area contributed by atoms with Crippen molar-refractivity contribution in [2.45, 2.75) is 6.54 Å². The fourth-order valence-electron chi connectivity index (χ4n) is 1.20. The van der Waals surface area contributed by atoms with Gasteiger partial charge in [0.2, 0.25) is 0 Å². The molecule has 0 fully saturated rings. The number of imidazole rings is 1. The van der Waals surface area contributed by atoms with Crippen LogP contribution in [0.3, 0.4) is 0 Å². The van der Waals surface area contributed by atoms with E-state index in [1.165, 1.54) is 6.20 Å². The molecular weight excluding hydrogens is 194 g/mol. The third-order valence-corrected chi connectivity index (χ3v) is 2.09. The first kappa shape index (κ1) is 9.45. The molecule has 0 aliphatic heterocycles. The fourth-order valence-corrected chi connectivity index (χ4v) is 1.20. The van der Waals surface area contributed by atoms with Crippen molar-refractivity contribution >= 4 is 5.91 Å². The van der Waals surface area contributed by atoms with Gasteiger partial charge in [-0.05, 0) is 0 Å². The normalized spacial score (nSPS) is 10.2. The SMILES string of the molecule is Cn1ccnc1CNC(=O)c1cn[nH]c1. The molecule has 0 aliphatic carbocycles. The van der Waals surface area contributed by atoms with Crippen molar-refractivity contribution in [3.05, 3.63) is 36.2 Å². The third-order valence-electron chi connectivity index (χ3n) is 2.09. The summed E-state index contributed by atoms with van der Waals surface area (Å²) in [5, 5.41) is 9.03. The lowest BCUT2D eigenvalue weighted by molar-refractivity contribution is 0.0949. The number of carbonyl (C=O) groups is 1. The Kier molecular flexibility index (Phi) is 2.49. The Bertz CT molecular complexity index is 445. The molecule has 2 N–H and O–H groups in total. The van der Waals surface area contributed by atoms with Gasteiger partial charge in [0.15, 0.2) is 0 Å². The number of rotatable bonds is 3. The van der Waals surface area contributed by atoms with Gasteiger partial charge in [-0.3, -0.25) is 9.89 Å². The minimum Gasteiger partial charge on any atom is -0.345 e. The van der Waals surface area contributed by atoms with Crippen molar-refractivity contribution in [1.29, 1.82) is 0 Å². The second-order valence-corrected chi connectivity index (χ2v) is 3.12. The van der Waals surface area contributed by atoms with Crippen LogP contribution in [0, 0.1) is 0 Å². The molecule has 0 unspecified atom stereocenters. The highest BCUT2D eigenvalue weighted by molar-refractivity contribution is 5.93. The number of hydrogen-bond acceptors (Lipinski definition) is 3. The molecule has 0 bridgehead atoms. The van der Waals surface area contributed by atoms with Crippen molar-refractivity contribution in [3.63, 3.8) is 0 Å². The molecule has 0 atom stereocenters. The summed E-state index contributed by atoms with van der Waals surface area (Å²) in [6, 6.07) is 0. The predicted octanol–water partition coefficient (Wildman–Crippen LogP) is 0.0732. The number of carbonyl (C=O) groups excluding carboxylic acids is 1. The van der Waals surface area contributed by atoms with Crippen LogP contribution in [-0.4, -0.2) is 25.7 Å². The summed E-state index contributed by atoms with van der Waals surface area (Å²) in [7, 11) is 1.88. The Morgan fingerprint density at radius 2 is 2.53 bits per heavy atom. The van der Waals surface area contributed by atoms with Gasteiger partial charge < -0.3 is 9.88 Å². The van der Waals surface area contributed by atoms with Crippen molar-refractivity contribution in [1.82, 2.24) is 25.1 Å². The molecule has 0 radical (unpaired) electrons. The number of amides is 1. The third kappa shape index (κ3) is 2.04. The fraction of sp³-hybridized carbons (Fsp3) is 0.222. The Labute approximate surface area is 86.3 Å². The summed E-state index contributed by atoms with van der Waals surface area (Å²) in [5.41, 5.74) is 0.518. The van der Waals surface area contributed by atoms with E-state index in [0.717, 1.165) is 5.82 Å². The van der Waals surface area contributed by atoms with Gasteiger partial charge in [-0.2, -0.15) is 5.10 Å². The Balaban J connectivity index is 1.95. The average Bonchev–Trinajstić information content (AvgIpc) is 2.85.